The Morgan fingerprint density at radius 2 is 1.96 bits per heavy atom. The van der Waals surface area contributed by atoms with Gasteiger partial charge in [-0.2, -0.15) is 0 Å². The van der Waals surface area contributed by atoms with E-state index in [9.17, 15) is 0 Å². The normalized spacial score (nSPS) is 22.4. The van der Waals surface area contributed by atoms with Crippen LogP contribution in [-0.4, -0.2) is 68.2 Å². The summed E-state index contributed by atoms with van der Waals surface area (Å²) in [7, 11) is 1.89. The van der Waals surface area contributed by atoms with Gasteiger partial charge in [-0.3, -0.25) is 9.89 Å². The summed E-state index contributed by atoms with van der Waals surface area (Å²) in [5.74, 6) is 1.04. The third-order valence-corrected chi connectivity index (χ3v) is 5.61. The number of benzene rings is 1. The average Bonchev–Trinajstić information content (AvgIpc) is 3.21. The van der Waals surface area contributed by atoms with Gasteiger partial charge < -0.3 is 15.0 Å². The second-order valence-corrected chi connectivity index (χ2v) is 7.26. The molecular weight excluding hydrogens is 451 g/mol. The van der Waals surface area contributed by atoms with E-state index in [4.69, 9.17) is 4.74 Å². The monoisotopic (exact) mass is 486 g/mol. The van der Waals surface area contributed by atoms with Crippen LogP contribution in [0, 0.1) is 0 Å². The lowest BCUT2D eigenvalue weighted by Gasteiger charge is -2.40. The molecular formula is C21H35IN4O. The van der Waals surface area contributed by atoms with Crippen molar-refractivity contribution in [2.75, 3.05) is 46.4 Å². The molecule has 1 N–H and O–H groups in total. The van der Waals surface area contributed by atoms with E-state index < -0.39 is 0 Å². The standard InChI is InChI=1S/C21H34N4O.HI/c1-3-20(18-8-5-4-6-9-18)24-13-15-25(16-14-24)21(22-2)23-12-11-19-10-7-17-26-19;/h4-6,8-9,19-20H,3,7,10-17H2,1-2H3,(H,22,23);1H. The Labute approximate surface area is 181 Å². The van der Waals surface area contributed by atoms with E-state index in [2.05, 4.69) is 57.4 Å². The highest BCUT2D eigenvalue weighted by Crippen LogP contribution is 2.25. The highest BCUT2D eigenvalue weighted by atomic mass is 127. The quantitative estimate of drug-likeness (QED) is 0.380. The van der Waals surface area contributed by atoms with Crippen LogP contribution in [0.5, 0.6) is 0 Å². The van der Waals surface area contributed by atoms with Crippen LogP contribution >= 0.6 is 24.0 Å². The molecule has 0 bridgehead atoms. The first kappa shape index (κ1) is 22.4. The fourth-order valence-corrected chi connectivity index (χ4v) is 4.17. The fraction of sp³-hybridized carbons (Fsp3) is 0.667. The lowest BCUT2D eigenvalue weighted by molar-refractivity contribution is 0.104. The van der Waals surface area contributed by atoms with Gasteiger partial charge in [0, 0.05) is 52.4 Å². The molecule has 2 unspecified atom stereocenters. The van der Waals surface area contributed by atoms with E-state index in [1.165, 1.54) is 18.4 Å². The summed E-state index contributed by atoms with van der Waals surface area (Å²) in [5.41, 5.74) is 1.43. The number of ether oxygens (including phenoxy) is 1. The number of aliphatic imine (C=N–C) groups is 1. The van der Waals surface area contributed by atoms with Crippen molar-refractivity contribution >= 4 is 29.9 Å². The highest BCUT2D eigenvalue weighted by molar-refractivity contribution is 14.0. The Hall–Kier alpha value is -0.860. The Balaban J connectivity index is 0.00000261. The molecule has 5 nitrogen and oxygen atoms in total. The minimum absolute atomic E-state index is 0. The van der Waals surface area contributed by atoms with Gasteiger partial charge in [-0.15, -0.1) is 24.0 Å². The molecule has 152 valence electrons. The van der Waals surface area contributed by atoms with Crippen LogP contribution in [0.1, 0.15) is 44.2 Å². The summed E-state index contributed by atoms with van der Waals surface area (Å²) in [6, 6.07) is 11.4. The molecule has 1 aromatic rings. The Bertz CT molecular complexity index is 555. The number of guanidine groups is 1. The van der Waals surface area contributed by atoms with Gasteiger partial charge in [0.25, 0.3) is 0 Å². The molecule has 2 aliphatic heterocycles. The van der Waals surface area contributed by atoms with Gasteiger partial charge in [0.15, 0.2) is 5.96 Å². The van der Waals surface area contributed by atoms with Crippen molar-refractivity contribution in [3.63, 3.8) is 0 Å². The molecule has 2 saturated heterocycles. The van der Waals surface area contributed by atoms with Gasteiger partial charge in [-0.05, 0) is 31.2 Å². The minimum Gasteiger partial charge on any atom is -0.378 e. The molecule has 2 heterocycles. The van der Waals surface area contributed by atoms with Crippen molar-refractivity contribution in [1.29, 1.82) is 0 Å². The molecule has 3 rings (SSSR count). The molecule has 0 radical (unpaired) electrons. The van der Waals surface area contributed by atoms with Crippen LogP contribution < -0.4 is 5.32 Å². The molecule has 27 heavy (non-hydrogen) atoms. The minimum atomic E-state index is 0. The molecule has 0 spiro atoms. The van der Waals surface area contributed by atoms with E-state index in [1.54, 1.807) is 0 Å². The van der Waals surface area contributed by atoms with Gasteiger partial charge >= 0.3 is 0 Å². The molecule has 2 fully saturated rings. The maximum absolute atomic E-state index is 5.71. The molecule has 1 aromatic carbocycles. The first-order chi connectivity index (χ1) is 12.8. The maximum atomic E-state index is 5.71. The number of rotatable bonds is 6. The summed E-state index contributed by atoms with van der Waals surface area (Å²) < 4.78 is 5.71. The van der Waals surface area contributed by atoms with E-state index in [0.29, 0.717) is 12.1 Å². The first-order valence-corrected chi connectivity index (χ1v) is 10.2. The molecule has 2 atom stereocenters. The summed E-state index contributed by atoms with van der Waals surface area (Å²) in [5, 5.41) is 3.53. The summed E-state index contributed by atoms with van der Waals surface area (Å²) in [6.45, 7) is 8.39. The van der Waals surface area contributed by atoms with Gasteiger partial charge in [0.2, 0.25) is 0 Å². The second kappa shape index (κ2) is 11.9. The van der Waals surface area contributed by atoms with Gasteiger partial charge in [-0.1, -0.05) is 37.3 Å². The Morgan fingerprint density at radius 1 is 1.22 bits per heavy atom. The average molecular weight is 486 g/mol. The van der Waals surface area contributed by atoms with Crippen LogP contribution in [0.25, 0.3) is 0 Å². The van der Waals surface area contributed by atoms with Crippen molar-refractivity contribution in [3.05, 3.63) is 35.9 Å². The molecule has 6 heteroatoms. The van der Waals surface area contributed by atoms with Crippen LogP contribution in [0.4, 0.5) is 0 Å². The number of halogens is 1. The zero-order valence-corrected chi connectivity index (χ0v) is 19.1. The number of nitrogens with zero attached hydrogens (tertiary/aromatic N) is 3. The second-order valence-electron chi connectivity index (χ2n) is 7.26. The zero-order chi connectivity index (χ0) is 18.2. The van der Waals surface area contributed by atoms with Gasteiger partial charge in [-0.25, -0.2) is 0 Å². The van der Waals surface area contributed by atoms with Gasteiger partial charge in [0.1, 0.15) is 0 Å². The fourth-order valence-electron chi connectivity index (χ4n) is 4.17. The predicted octanol–water partition coefficient (Wildman–Crippen LogP) is 3.52. The summed E-state index contributed by atoms with van der Waals surface area (Å²) in [4.78, 5) is 9.51. The third kappa shape index (κ3) is 6.32. The van der Waals surface area contributed by atoms with E-state index in [0.717, 1.165) is 58.1 Å². The van der Waals surface area contributed by atoms with Crippen molar-refractivity contribution < 1.29 is 4.74 Å². The van der Waals surface area contributed by atoms with Crippen molar-refractivity contribution in [1.82, 2.24) is 15.1 Å². The number of hydrogen-bond acceptors (Lipinski definition) is 3. The number of piperazine rings is 1. The van der Waals surface area contributed by atoms with E-state index in [1.807, 2.05) is 7.05 Å². The molecule has 0 amide bonds. The van der Waals surface area contributed by atoms with Gasteiger partial charge in [0.05, 0.1) is 6.10 Å². The van der Waals surface area contributed by atoms with Crippen LogP contribution in [0.15, 0.2) is 35.3 Å². The lowest BCUT2D eigenvalue weighted by atomic mass is 10.0. The number of nitrogens with one attached hydrogen (secondary N) is 1. The molecule has 0 aliphatic carbocycles. The third-order valence-electron chi connectivity index (χ3n) is 5.61. The zero-order valence-electron chi connectivity index (χ0n) is 16.8. The highest BCUT2D eigenvalue weighted by Gasteiger charge is 2.25. The lowest BCUT2D eigenvalue weighted by Crippen LogP contribution is -2.53. The smallest absolute Gasteiger partial charge is 0.193 e. The van der Waals surface area contributed by atoms with Crippen LogP contribution in [0.2, 0.25) is 0 Å². The Morgan fingerprint density at radius 3 is 2.56 bits per heavy atom. The largest absolute Gasteiger partial charge is 0.378 e. The first-order valence-electron chi connectivity index (χ1n) is 10.2. The number of hydrogen-bond donors (Lipinski definition) is 1. The van der Waals surface area contributed by atoms with Crippen molar-refractivity contribution in [3.8, 4) is 0 Å². The predicted molar refractivity (Wildman–Crippen MR) is 123 cm³/mol. The molecule has 2 aliphatic rings. The maximum Gasteiger partial charge on any atom is 0.193 e. The van der Waals surface area contributed by atoms with Crippen LogP contribution in [-0.2, 0) is 4.74 Å². The topological polar surface area (TPSA) is 40.1 Å². The SMILES string of the molecule is CCC(c1ccccc1)N1CCN(C(=NC)NCCC2CCCO2)CC1.I. The van der Waals surface area contributed by atoms with E-state index in [-0.39, 0.29) is 24.0 Å². The Kier molecular flexibility index (Phi) is 9.86. The van der Waals surface area contributed by atoms with Crippen molar-refractivity contribution in [2.45, 2.75) is 44.8 Å². The van der Waals surface area contributed by atoms with Crippen molar-refractivity contribution in [2.24, 2.45) is 4.99 Å². The van der Waals surface area contributed by atoms with Crippen LogP contribution in [0.3, 0.4) is 0 Å². The summed E-state index contributed by atoms with van der Waals surface area (Å²) in [6.07, 6.45) is 5.08. The summed E-state index contributed by atoms with van der Waals surface area (Å²) >= 11 is 0. The van der Waals surface area contributed by atoms with E-state index >= 15 is 0 Å². The molecule has 0 saturated carbocycles. The molecule has 0 aromatic heterocycles.